The van der Waals surface area contributed by atoms with Crippen LogP contribution in [0.3, 0.4) is 0 Å². The van der Waals surface area contributed by atoms with Crippen LogP contribution < -0.4 is 5.32 Å². The van der Waals surface area contributed by atoms with Crippen LogP contribution in [0.5, 0.6) is 0 Å². The SMILES string of the molecule is Cc1cc(NCc2ncccc2C)c(C(=O)O)c(C)n1. The lowest BCUT2D eigenvalue weighted by molar-refractivity contribution is 0.0696. The fraction of sp³-hybridized carbons (Fsp3) is 0.267. The normalized spacial score (nSPS) is 10.3. The number of nitrogens with zero attached hydrogens (tertiary/aromatic N) is 2. The second-order valence-corrected chi connectivity index (χ2v) is 4.70. The van der Waals surface area contributed by atoms with Gasteiger partial charge in [0.1, 0.15) is 5.56 Å². The Bertz CT molecular complexity index is 654. The first kappa shape index (κ1) is 14.0. The van der Waals surface area contributed by atoms with E-state index in [2.05, 4.69) is 15.3 Å². The van der Waals surface area contributed by atoms with Gasteiger partial charge in [-0.2, -0.15) is 0 Å². The van der Waals surface area contributed by atoms with Crippen molar-refractivity contribution in [3.05, 3.63) is 52.6 Å². The molecule has 2 aromatic rings. The van der Waals surface area contributed by atoms with Crippen LogP contribution in [0.25, 0.3) is 0 Å². The summed E-state index contributed by atoms with van der Waals surface area (Å²) < 4.78 is 0. The van der Waals surface area contributed by atoms with E-state index in [9.17, 15) is 9.90 Å². The first-order chi connectivity index (χ1) is 9.49. The predicted octanol–water partition coefficient (Wildman–Crippen LogP) is 2.71. The van der Waals surface area contributed by atoms with Crippen molar-refractivity contribution in [1.29, 1.82) is 0 Å². The van der Waals surface area contributed by atoms with Gasteiger partial charge in [-0.3, -0.25) is 9.97 Å². The van der Waals surface area contributed by atoms with Crippen LogP contribution >= 0.6 is 0 Å². The number of carboxylic acids is 1. The van der Waals surface area contributed by atoms with Crippen molar-refractivity contribution in [2.75, 3.05) is 5.32 Å². The molecule has 0 saturated heterocycles. The monoisotopic (exact) mass is 271 g/mol. The average molecular weight is 271 g/mol. The highest BCUT2D eigenvalue weighted by Gasteiger charge is 2.15. The summed E-state index contributed by atoms with van der Waals surface area (Å²) in [5.41, 5.74) is 4.05. The van der Waals surface area contributed by atoms with E-state index in [0.29, 0.717) is 17.9 Å². The molecule has 0 aliphatic rings. The number of hydrogen-bond acceptors (Lipinski definition) is 4. The van der Waals surface area contributed by atoms with Crippen molar-refractivity contribution in [2.45, 2.75) is 27.3 Å². The molecule has 2 rings (SSSR count). The zero-order chi connectivity index (χ0) is 14.7. The molecule has 2 N–H and O–H groups in total. The quantitative estimate of drug-likeness (QED) is 0.894. The Balaban J connectivity index is 2.30. The minimum Gasteiger partial charge on any atom is -0.478 e. The molecule has 2 heterocycles. The van der Waals surface area contributed by atoms with Crippen molar-refractivity contribution < 1.29 is 9.90 Å². The molecule has 0 aliphatic heterocycles. The van der Waals surface area contributed by atoms with Crippen molar-refractivity contribution in [3.63, 3.8) is 0 Å². The van der Waals surface area contributed by atoms with Gasteiger partial charge in [-0.1, -0.05) is 6.07 Å². The van der Waals surface area contributed by atoms with Crippen molar-refractivity contribution in [2.24, 2.45) is 0 Å². The lowest BCUT2D eigenvalue weighted by atomic mass is 10.1. The number of anilines is 1. The molecule has 0 fully saturated rings. The fourth-order valence-corrected chi connectivity index (χ4v) is 2.12. The Morgan fingerprint density at radius 1 is 1.35 bits per heavy atom. The molecule has 0 amide bonds. The number of hydrogen-bond donors (Lipinski definition) is 2. The Kier molecular flexibility index (Phi) is 3.98. The second-order valence-electron chi connectivity index (χ2n) is 4.70. The minimum atomic E-state index is -0.977. The van der Waals surface area contributed by atoms with Gasteiger partial charge in [-0.15, -0.1) is 0 Å². The maximum atomic E-state index is 11.3. The molecule has 0 unspecified atom stereocenters. The number of rotatable bonds is 4. The fourth-order valence-electron chi connectivity index (χ4n) is 2.12. The molecule has 20 heavy (non-hydrogen) atoms. The Labute approximate surface area is 117 Å². The number of aromatic carboxylic acids is 1. The lowest BCUT2D eigenvalue weighted by Crippen LogP contribution is -2.11. The molecule has 5 nitrogen and oxygen atoms in total. The van der Waals surface area contributed by atoms with E-state index in [1.54, 1.807) is 19.2 Å². The first-order valence-electron chi connectivity index (χ1n) is 6.35. The summed E-state index contributed by atoms with van der Waals surface area (Å²) in [7, 11) is 0. The maximum absolute atomic E-state index is 11.3. The van der Waals surface area contributed by atoms with Crippen molar-refractivity contribution in [3.8, 4) is 0 Å². The topological polar surface area (TPSA) is 75.1 Å². The molecule has 0 aromatic carbocycles. The van der Waals surface area contributed by atoms with Gasteiger partial charge < -0.3 is 10.4 Å². The van der Waals surface area contributed by atoms with E-state index in [1.165, 1.54) is 0 Å². The van der Waals surface area contributed by atoms with E-state index in [-0.39, 0.29) is 5.56 Å². The molecule has 2 aromatic heterocycles. The summed E-state index contributed by atoms with van der Waals surface area (Å²) in [5, 5.41) is 12.4. The highest BCUT2D eigenvalue weighted by molar-refractivity contribution is 5.95. The third-order valence-corrected chi connectivity index (χ3v) is 3.11. The molecule has 0 aliphatic carbocycles. The van der Waals surface area contributed by atoms with Crippen molar-refractivity contribution >= 4 is 11.7 Å². The van der Waals surface area contributed by atoms with Gasteiger partial charge in [0.2, 0.25) is 0 Å². The third kappa shape index (κ3) is 2.93. The van der Waals surface area contributed by atoms with Gasteiger partial charge in [0.05, 0.1) is 23.6 Å². The van der Waals surface area contributed by atoms with E-state index < -0.39 is 5.97 Å². The van der Waals surface area contributed by atoms with Gasteiger partial charge in [0.15, 0.2) is 0 Å². The van der Waals surface area contributed by atoms with Gasteiger partial charge in [-0.05, 0) is 38.5 Å². The van der Waals surface area contributed by atoms with Crippen LogP contribution in [0, 0.1) is 20.8 Å². The largest absolute Gasteiger partial charge is 0.478 e. The van der Waals surface area contributed by atoms with Crippen LogP contribution in [-0.2, 0) is 6.54 Å². The summed E-state index contributed by atoms with van der Waals surface area (Å²) in [5.74, 6) is -0.977. The number of pyridine rings is 2. The summed E-state index contributed by atoms with van der Waals surface area (Å²) in [4.78, 5) is 19.8. The first-order valence-corrected chi connectivity index (χ1v) is 6.35. The van der Waals surface area contributed by atoms with Crippen LogP contribution in [0.2, 0.25) is 0 Å². The highest BCUT2D eigenvalue weighted by Crippen LogP contribution is 2.20. The van der Waals surface area contributed by atoms with Gasteiger partial charge in [0.25, 0.3) is 0 Å². The number of aromatic nitrogens is 2. The van der Waals surface area contributed by atoms with E-state index in [1.807, 2.05) is 26.0 Å². The zero-order valence-electron chi connectivity index (χ0n) is 11.8. The van der Waals surface area contributed by atoms with Crippen LogP contribution in [0.4, 0.5) is 5.69 Å². The summed E-state index contributed by atoms with van der Waals surface area (Å²) in [6.45, 7) is 6.00. The Morgan fingerprint density at radius 3 is 2.75 bits per heavy atom. The third-order valence-electron chi connectivity index (χ3n) is 3.11. The molecule has 0 saturated carbocycles. The Morgan fingerprint density at radius 2 is 2.10 bits per heavy atom. The predicted molar refractivity (Wildman–Crippen MR) is 77.0 cm³/mol. The summed E-state index contributed by atoms with van der Waals surface area (Å²) in [6.07, 6.45) is 1.73. The molecule has 0 radical (unpaired) electrons. The maximum Gasteiger partial charge on any atom is 0.339 e. The molecule has 104 valence electrons. The van der Waals surface area contributed by atoms with E-state index in [0.717, 1.165) is 17.0 Å². The van der Waals surface area contributed by atoms with Crippen LogP contribution in [0.15, 0.2) is 24.4 Å². The molecular formula is C15H17N3O2. The second kappa shape index (κ2) is 5.69. The zero-order valence-corrected chi connectivity index (χ0v) is 11.8. The molecular weight excluding hydrogens is 254 g/mol. The lowest BCUT2D eigenvalue weighted by Gasteiger charge is -2.13. The molecule has 0 atom stereocenters. The average Bonchev–Trinajstić information content (AvgIpc) is 2.36. The van der Waals surface area contributed by atoms with Crippen molar-refractivity contribution in [1.82, 2.24) is 9.97 Å². The van der Waals surface area contributed by atoms with Crippen LogP contribution in [-0.4, -0.2) is 21.0 Å². The molecule has 0 bridgehead atoms. The standard InChI is InChI=1S/C15H17N3O2/c1-9-5-4-6-16-13(9)8-17-12-7-10(2)18-11(3)14(12)15(19)20/h4-7H,8H2,1-3H3,(H,17,18)(H,19,20). The highest BCUT2D eigenvalue weighted by atomic mass is 16.4. The van der Waals surface area contributed by atoms with Gasteiger partial charge >= 0.3 is 5.97 Å². The van der Waals surface area contributed by atoms with E-state index in [4.69, 9.17) is 0 Å². The van der Waals surface area contributed by atoms with E-state index >= 15 is 0 Å². The number of nitrogens with one attached hydrogen (secondary N) is 1. The minimum absolute atomic E-state index is 0.212. The smallest absolute Gasteiger partial charge is 0.339 e. The number of carbonyl (C=O) groups is 1. The Hall–Kier alpha value is -2.43. The number of carboxylic acid groups (broad SMARTS) is 1. The summed E-state index contributed by atoms with van der Waals surface area (Å²) in [6, 6.07) is 5.60. The summed E-state index contributed by atoms with van der Waals surface area (Å²) >= 11 is 0. The van der Waals surface area contributed by atoms with Crippen LogP contribution in [0.1, 0.15) is 33.0 Å². The number of aryl methyl sites for hydroxylation is 3. The molecule has 0 spiro atoms. The van der Waals surface area contributed by atoms with Gasteiger partial charge in [-0.25, -0.2) is 4.79 Å². The molecule has 5 heteroatoms. The van der Waals surface area contributed by atoms with Gasteiger partial charge in [0, 0.05) is 11.9 Å².